The summed E-state index contributed by atoms with van der Waals surface area (Å²) in [5, 5.41) is 0.904. The molecule has 0 saturated heterocycles. The van der Waals surface area contributed by atoms with Gasteiger partial charge in [0.15, 0.2) is 0 Å². The second-order valence-electron chi connectivity index (χ2n) is 5.90. The topological polar surface area (TPSA) is 62.0 Å². The number of hydrogen-bond acceptors (Lipinski definition) is 2. The Balaban J connectivity index is 1.71. The molecule has 0 saturated carbocycles. The fourth-order valence-electron chi connectivity index (χ4n) is 2.65. The number of nitrogens with one attached hydrogen (secondary N) is 2. The number of rotatable bonds is 5. The smallest absolute Gasteiger partial charge is 0.240 e. The molecule has 2 N–H and O–H groups in total. The van der Waals surface area contributed by atoms with Gasteiger partial charge in [-0.05, 0) is 67.3 Å². The Morgan fingerprint density at radius 2 is 1.88 bits per heavy atom. The van der Waals surface area contributed by atoms with Crippen LogP contribution in [0.25, 0.3) is 10.9 Å². The quantitative estimate of drug-likeness (QED) is 0.743. The van der Waals surface area contributed by atoms with Gasteiger partial charge in [0, 0.05) is 23.6 Å². The SMILES string of the molecule is Cc1ccc(S(=O)(=O)NCCc2c[nH]c3cc(F)ccc23)cc1C. The van der Waals surface area contributed by atoms with Gasteiger partial charge in [0.25, 0.3) is 0 Å². The predicted octanol–water partition coefficient (Wildman–Crippen LogP) is 3.44. The average Bonchev–Trinajstić information content (AvgIpc) is 2.92. The molecule has 1 heterocycles. The maximum absolute atomic E-state index is 13.2. The normalized spacial score (nSPS) is 12.0. The molecule has 0 fully saturated rings. The molecule has 0 spiro atoms. The molecule has 0 amide bonds. The van der Waals surface area contributed by atoms with Crippen LogP contribution in [0.3, 0.4) is 0 Å². The molecule has 1 aromatic heterocycles. The Morgan fingerprint density at radius 3 is 2.62 bits per heavy atom. The average molecular weight is 346 g/mol. The van der Waals surface area contributed by atoms with E-state index in [9.17, 15) is 12.8 Å². The minimum absolute atomic E-state index is 0.270. The van der Waals surface area contributed by atoms with Crippen LogP contribution in [0.1, 0.15) is 16.7 Å². The first-order valence-electron chi connectivity index (χ1n) is 7.69. The van der Waals surface area contributed by atoms with Crippen molar-refractivity contribution in [3.8, 4) is 0 Å². The second-order valence-corrected chi connectivity index (χ2v) is 7.66. The number of H-pyrrole nitrogens is 1. The molecule has 0 radical (unpaired) electrons. The molecule has 0 aliphatic carbocycles. The van der Waals surface area contributed by atoms with E-state index in [4.69, 9.17) is 0 Å². The molecular weight excluding hydrogens is 327 g/mol. The first kappa shape index (κ1) is 16.7. The molecule has 0 aliphatic rings. The van der Waals surface area contributed by atoms with Crippen molar-refractivity contribution in [1.29, 1.82) is 0 Å². The third-order valence-corrected chi connectivity index (χ3v) is 5.66. The Morgan fingerprint density at radius 1 is 1.08 bits per heavy atom. The zero-order valence-corrected chi connectivity index (χ0v) is 14.4. The molecule has 126 valence electrons. The van der Waals surface area contributed by atoms with E-state index in [0.29, 0.717) is 11.9 Å². The number of hydrogen-bond donors (Lipinski definition) is 2. The van der Waals surface area contributed by atoms with Gasteiger partial charge in [-0.25, -0.2) is 17.5 Å². The van der Waals surface area contributed by atoms with Crippen LogP contribution in [0, 0.1) is 19.7 Å². The maximum atomic E-state index is 13.2. The van der Waals surface area contributed by atoms with E-state index >= 15 is 0 Å². The highest BCUT2D eigenvalue weighted by Gasteiger charge is 2.14. The highest BCUT2D eigenvalue weighted by Crippen LogP contribution is 2.20. The largest absolute Gasteiger partial charge is 0.361 e. The fraction of sp³-hybridized carbons (Fsp3) is 0.222. The van der Waals surface area contributed by atoms with E-state index in [1.54, 1.807) is 30.5 Å². The summed E-state index contributed by atoms with van der Waals surface area (Å²) in [6.07, 6.45) is 2.31. The minimum atomic E-state index is -3.53. The van der Waals surface area contributed by atoms with Gasteiger partial charge >= 0.3 is 0 Å². The summed E-state index contributed by atoms with van der Waals surface area (Å²) in [5.74, 6) is -0.300. The van der Waals surface area contributed by atoms with Crippen molar-refractivity contribution in [3.63, 3.8) is 0 Å². The van der Waals surface area contributed by atoms with Gasteiger partial charge in [0.2, 0.25) is 10.0 Å². The third kappa shape index (κ3) is 3.34. The summed E-state index contributed by atoms with van der Waals surface area (Å²) in [4.78, 5) is 3.27. The van der Waals surface area contributed by atoms with E-state index < -0.39 is 10.0 Å². The first-order chi connectivity index (χ1) is 11.4. The van der Waals surface area contributed by atoms with E-state index in [1.165, 1.54) is 12.1 Å². The zero-order valence-electron chi connectivity index (χ0n) is 13.6. The summed E-state index contributed by atoms with van der Waals surface area (Å²) in [7, 11) is -3.53. The van der Waals surface area contributed by atoms with Crippen LogP contribution in [0.2, 0.25) is 0 Å². The molecule has 2 aromatic carbocycles. The van der Waals surface area contributed by atoms with Gasteiger partial charge in [-0.3, -0.25) is 0 Å². The lowest BCUT2D eigenvalue weighted by atomic mass is 10.1. The van der Waals surface area contributed by atoms with Gasteiger partial charge < -0.3 is 4.98 Å². The van der Waals surface area contributed by atoms with Crippen LogP contribution >= 0.6 is 0 Å². The van der Waals surface area contributed by atoms with Crippen molar-refractivity contribution < 1.29 is 12.8 Å². The van der Waals surface area contributed by atoms with E-state index in [1.807, 2.05) is 13.8 Å². The monoisotopic (exact) mass is 346 g/mol. The van der Waals surface area contributed by atoms with Crippen LogP contribution < -0.4 is 4.72 Å². The number of sulfonamides is 1. The fourth-order valence-corrected chi connectivity index (χ4v) is 3.77. The lowest BCUT2D eigenvalue weighted by Crippen LogP contribution is -2.26. The molecule has 24 heavy (non-hydrogen) atoms. The summed E-state index contributed by atoms with van der Waals surface area (Å²) < 4.78 is 40.5. The van der Waals surface area contributed by atoms with Crippen LogP contribution in [-0.4, -0.2) is 19.9 Å². The Kier molecular flexibility index (Phi) is 4.43. The first-order valence-corrected chi connectivity index (χ1v) is 9.17. The molecule has 0 unspecified atom stereocenters. The molecule has 3 aromatic rings. The highest BCUT2D eigenvalue weighted by atomic mass is 32.2. The van der Waals surface area contributed by atoms with Crippen LogP contribution in [0.4, 0.5) is 4.39 Å². The number of aromatic nitrogens is 1. The highest BCUT2D eigenvalue weighted by molar-refractivity contribution is 7.89. The van der Waals surface area contributed by atoms with Crippen molar-refractivity contribution in [2.24, 2.45) is 0 Å². The number of fused-ring (bicyclic) bond motifs is 1. The Labute approximate surface area is 140 Å². The number of benzene rings is 2. The van der Waals surface area contributed by atoms with Gasteiger partial charge in [-0.2, -0.15) is 0 Å². The van der Waals surface area contributed by atoms with Gasteiger partial charge in [-0.15, -0.1) is 0 Å². The minimum Gasteiger partial charge on any atom is -0.361 e. The number of aromatic amines is 1. The van der Waals surface area contributed by atoms with Gasteiger partial charge in [-0.1, -0.05) is 6.07 Å². The van der Waals surface area contributed by atoms with Crippen molar-refractivity contribution in [2.75, 3.05) is 6.54 Å². The van der Waals surface area contributed by atoms with E-state index in [-0.39, 0.29) is 17.3 Å². The molecular formula is C18H19FN2O2S. The lowest BCUT2D eigenvalue weighted by molar-refractivity contribution is 0.581. The molecule has 0 atom stereocenters. The number of aryl methyl sites for hydroxylation is 2. The molecule has 0 aliphatic heterocycles. The van der Waals surface area contributed by atoms with Crippen molar-refractivity contribution in [3.05, 3.63) is 65.1 Å². The predicted molar refractivity (Wildman–Crippen MR) is 93.1 cm³/mol. The Bertz CT molecular complexity index is 993. The molecule has 6 heteroatoms. The summed E-state index contributed by atoms with van der Waals surface area (Å²) in [5.41, 5.74) is 3.66. The summed E-state index contributed by atoms with van der Waals surface area (Å²) in [6, 6.07) is 9.62. The van der Waals surface area contributed by atoms with Crippen LogP contribution in [0.15, 0.2) is 47.5 Å². The Hall–Kier alpha value is -2.18. The summed E-state index contributed by atoms with van der Waals surface area (Å²) in [6.45, 7) is 4.11. The zero-order chi connectivity index (χ0) is 17.3. The van der Waals surface area contributed by atoms with Crippen molar-refractivity contribution >= 4 is 20.9 Å². The van der Waals surface area contributed by atoms with E-state index in [2.05, 4.69) is 9.71 Å². The lowest BCUT2D eigenvalue weighted by Gasteiger charge is -2.08. The standard InChI is InChI=1S/C18H19FN2O2S/c1-12-3-5-16(9-13(12)2)24(22,23)21-8-7-14-11-20-18-10-15(19)4-6-17(14)18/h3-6,9-11,20-21H,7-8H2,1-2H3. The van der Waals surface area contributed by atoms with Gasteiger partial charge in [0.05, 0.1) is 4.90 Å². The van der Waals surface area contributed by atoms with E-state index in [0.717, 1.165) is 22.1 Å². The van der Waals surface area contributed by atoms with Crippen molar-refractivity contribution in [2.45, 2.75) is 25.2 Å². The molecule has 0 bridgehead atoms. The molecule has 4 nitrogen and oxygen atoms in total. The summed E-state index contributed by atoms with van der Waals surface area (Å²) >= 11 is 0. The second kappa shape index (κ2) is 6.37. The van der Waals surface area contributed by atoms with Crippen LogP contribution in [-0.2, 0) is 16.4 Å². The maximum Gasteiger partial charge on any atom is 0.240 e. The van der Waals surface area contributed by atoms with Crippen molar-refractivity contribution in [1.82, 2.24) is 9.71 Å². The molecule has 3 rings (SSSR count). The third-order valence-electron chi connectivity index (χ3n) is 4.20. The van der Waals surface area contributed by atoms with Gasteiger partial charge in [0.1, 0.15) is 5.82 Å². The number of halogens is 1. The van der Waals surface area contributed by atoms with Crippen LogP contribution in [0.5, 0.6) is 0 Å².